The third-order valence-electron chi connectivity index (χ3n) is 26.3. The van der Waals surface area contributed by atoms with Gasteiger partial charge in [-0.25, -0.2) is 19.2 Å². The summed E-state index contributed by atoms with van der Waals surface area (Å²) in [5, 5.41) is 66.9. The highest BCUT2D eigenvalue weighted by atomic mass is 16.6. The van der Waals surface area contributed by atoms with Crippen molar-refractivity contribution in [1.29, 1.82) is 10.5 Å². The van der Waals surface area contributed by atoms with E-state index < -0.39 is 44.1 Å². The second kappa shape index (κ2) is 33.2. The standard InChI is InChI=1S/C54H69N5O8.C41H60N4O8.2CH4/c1-31-32(2)36(27-56)47-46(35(31)26-55)64-41-25-39-42(34(45(41)65-47)23-33-15-17-58(18-16-33)48(60)66-50(3,4)5)54(30-53(39,11)12)29-52(9,10)38-24-40(62-13)44(63-14)37(43(38)54)28-57-19-21-59(22-20-57)49(61)67-51(6,7)8;1-37(2,3)52-35(50)44-15-11-42(12-16-44)21-25-31-27(19-29(46)33(25)48)39(7,8)23-41(31)24-40(9,10)28-20-30(47)34(49)26(32(28)41)22-43-13-17-45(18-14-43)36(51)53-38(4,5)6;;/h24-25,33H,15-23,28-30H2,1-14H3;19-20,46-49H,11-18,21-24H2,1-10H3;2*1H4. The smallest absolute Gasteiger partial charge is 0.410 e. The predicted molar refractivity (Wildman–Crippen MR) is 470 cm³/mol. The Labute approximate surface area is 724 Å². The van der Waals surface area contributed by atoms with Gasteiger partial charge in [0.2, 0.25) is 0 Å². The van der Waals surface area contributed by atoms with Crippen molar-refractivity contribution < 1.29 is 77.5 Å². The number of fused-ring (bicyclic) bond motifs is 10. The van der Waals surface area contributed by atoms with Crippen LogP contribution in [0.2, 0.25) is 0 Å². The van der Waals surface area contributed by atoms with Crippen LogP contribution in [0.5, 0.6) is 57.5 Å². The molecule has 1 atom stereocenters. The number of nitrogens with zero attached hydrogens (tertiary/aromatic N) is 9. The zero-order valence-corrected chi connectivity index (χ0v) is 75.6. The van der Waals surface area contributed by atoms with Gasteiger partial charge < -0.3 is 77.9 Å². The largest absolute Gasteiger partial charge is 0.504 e. The lowest BCUT2D eigenvalue weighted by atomic mass is 9.69. The molecule has 5 aliphatic heterocycles. The Bertz CT molecular complexity index is 4860. The molecule has 0 radical (unpaired) electrons. The number of hydrogen-bond acceptors (Lipinski definition) is 21. The average molecular weight is 1690 g/mol. The third-order valence-corrected chi connectivity index (χ3v) is 26.3. The lowest BCUT2D eigenvalue weighted by Gasteiger charge is -2.38. The number of nitriles is 2. The van der Waals surface area contributed by atoms with E-state index in [2.05, 4.69) is 94.4 Å². The molecule has 666 valence electrons. The Kier molecular flexibility index (Phi) is 25.3. The van der Waals surface area contributed by atoms with Crippen LogP contribution >= 0.6 is 0 Å². The van der Waals surface area contributed by atoms with Gasteiger partial charge in [0.05, 0.1) is 14.2 Å². The molecule has 25 heteroatoms. The Hall–Kier alpha value is -9.56. The summed E-state index contributed by atoms with van der Waals surface area (Å²) in [6.07, 6.45) is 3.86. The van der Waals surface area contributed by atoms with Gasteiger partial charge in [-0.2, -0.15) is 10.5 Å². The molecule has 0 saturated carbocycles. The molecule has 5 heterocycles. The van der Waals surface area contributed by atoms with Gasteiger partial charge in [0.25, 0.3) is 0 Å². The molecule has 9 aliphatic rings. The number of hydrogen-bond donors (Lipinski definition) is 4. The summed E-state index contributed by atoms with van der Waals surface area (Å²) in [5.74, 6) is 2.61. The molecule has 2 spiro atoms. The molecular weight excluding hydrogens is 1550 g/mol. The molecule has 4 fully saturated rings. The van der Waals surface area contributed by atoms with Gasteiger partial charge in [0.1, 0.15) is 45.7 Å². The van der Waals surface area contributed by atoms with Crippen molar-refractivity contribution in [3.05, 3.63) is 113 Å². The van der Waals surface area contributed by atoms with E-state index in [1.165, 1.54) is 16.7 Å². The van der Waals surface area contributed by atoms with E-state index in [-0.39, 0.29) is 90.5 Å². The number of piperazine rings is 3. The molecule has 5 aromatic rings. The summed E-state index contributed by atoms with van der Waals surface area (Å²) in [5.41, 5.74) is 9.26. The number of benzene rings is 5. The SMILES string of the molecule is C.C.CC(C)(C)OC(=O)N1CCN(Cc2c(O)c(O)cc3c2C2(CC3(C)C)CC(C)(C)c3cc(O)c(O)c(CN4CCN(C(=O)OC(C)(C)C)CC4)c32)CC1.COc1cc2c(c(CN3CCN(C(=O)OC(C)(C)C)CC3)c1OC)C1(CC2(C)C)CC(C)(C)c2cc3c(c(CC4CCN(C(=O)OC(C)(C)C)CC4)c21)Oc1c(C#N)c(C)c(C)c(C#N)c1O3. The van der Waals surface area contributed by atoms with E-state index in [1.54, 1.807) is 41.1 Å². The first-order valence-electron chi connectivity index (χ1n) is 42.9. The van der Waals surface area contributed by atoms with E-state index in [4.69, 9.17) is 37.9 Å². The van der Waals surface area contributed by atoms with Gasteiger partial charge in [0, 0.05) is 144 Å². The molecule has 5 aromatic carbocycles. The van der Waals surface area contributed by atoms with Crippen molar-refractivity contribution >= 4 is 24.4 Å². The Morgan fingerprint density at radius 2 is 0.730 bits per heavy atom. The maximum absolute atomic E-state index is 13.3. The summed E-state index contributed by atoms with van der Waals surface area (Å²) in [6.45, 7) is 53.1. The number of aromatic hydroxyl groups is 4. The van der Waals surface area contributed by atoms with Crippen molar-refractivity contribution in [3.8, 4) is 69.6 Å². The summed E-state index contributed by atoms with van der Waals surface area (Å²) >= 11 is 0. The molecule has 0 aromatic heterocycles. The number of likely N-dealkylation sites (tertiary alicyclic amines) is 1. The van der Waals surface area contributed by atoms with Crippen LogP contribution in [0.25, 0.3) is 0 Å². The van der Waals surface area contributed by atoms with E-state index >= 15 is 0 Å². The summed E-state index contributed by atoms with van der Waals surface area (Å²) in [7, 11) is 3.41. The number of piperidine rings is 1. The van der Waals surface area contributed by atoms with Crippen LogP contribution in [0, 0.1) is 42.4 Å². The minimum Gasteiger partial charge on any atom is -0.504 e. The predicted octanol–water partition coefficient (Wildman–Crippen LogP) is 18.4. The number of amides is 4. The van der Waals surface area contributed by atoms with Crippen LogP contribution in [0.1, 0.15) is 281 Å². The second-order valence-corrected chi connectivity index (χ2v) is 41.7. The highest BCUT2D eigenvalue weighted by Gasteiger charge is 2.62. The Morgan fingerprint density at radius 1 is 0.426 bits per heavy atom. The number of phenolic OH excluding ortho intramolecular Hbond substituents is 4. The molecule has 122 heavy (non-hydrogen) atoms. The zero-order valence-electron chi connectivity index (χ0n) is 75.6. The summed E-state index contributed by atoms with van der Waals surface area (Å²) in [4.78, 5) is 65.9. The van der Waals surface area contributed by atoms with Gasteiger partial charge in [-0.1, -0.05) is 70.2 Å². The highest BCUT2D eigenvalue weighted by Crippen LogP contribution is 2.70. The monoisotopic (exact) mass is 1680 g/mol. The Balaban J connectivity index is 0.000000240. The topological polar surface area (TPSA) is 293 Å². The fraction of sp³-hybridized carbons (Fsp3) is 0.629. The third kappa shape index (κ3) is 17.6. The molecule has 4 saturated heterocycles. The zero-order chi connectivity index (χ0) is 87.8. The maximum Gasteiger partial charge on any atom is 0.410 e. The Morgan fingerprint density at radius 3 is 1.06 bits per heavy atom. The van der Waals surface area contributed by atoms with E-state index in [0.29, 0.717) is 187 Å². The van der Waals surface area contributed by atoms with E-state index in [9.17, 15) is 50.1 Å². The molecule has 25 nitrogen and oxygen atoms in total. The number of rotatable bonds is 10. The number of phenols is 4. The molecule has 4 aliphatic carbocycles. The fourth-order valence-corrected chi connectivity index (χ4v) is 21.3. The van der Waals surface area contributed by atoms with Gasteiger partial charge in [-0.3, -0.25) is 14.7 Å². The van der Waals surface area contributed by atoms with Crippen molar-refractivity contribution in [2.45, 2.75) is 287 Å². The number of carbonyl (C=O) groups is 4. The van der Waals surface area contributed by atoms with Crippen LogP contribution in [-0.2, 0) is 77.5 Å². The lowest BCUT2D eigenvalue weighted by molar-refractivity contribution is 0.0128. The minimum atomic E-state index is -0.643. The first kappa shape index (κ1) is 93.1. The van der Waals surface area contributed by atoms with Crippen molar-refractivity contribution in [2.24, 2.45) is 5.92 Å². The van der Waals surface area contributed by atoms with Gasteiger partial charge in [-0.05, 0) is 249 Å². The van der Waals surface area contributed by atoms with Crippen LogP contribution in [0.4, 0.5) is 19.2 Å². The molecule has 4 amide bonds. The van der Waals surface area contributed by atoms with Gasteiger partial charge >= 0.3 is 24.4 Å². The molecule has 14 rings (SSSR count). The van der Waals surface area contributed by atoms with Gasteiger partial charge in [0.15, 0.2) is 57.5 Å². The first-order chi connectivity index (χ1) is 55.8. The fourth-order valence-electron chi connectivity index (χ4n) is 21.3. The quantitative estimate of drug-likeness (QED) is 0.0732. The minimum absolute atomic E-state index is 0. The van der Waals surface area contributed by atoms with Crippen LogP contribution in [-0.4, -0.2) is 207 Å². The van der Waals surface area contributed by atoms with E-state index in [1.807, 2.05) is 102 Å². The number of ether oxygens (including phenoxy) is 8. The highest BCUT2D eigenvalue weighted by molar-refractivity contribution is 5.78. The molecular formula is C97H137N9O16. The average Bonchev–Trinajstić information content (AvgIpc) is 1.51. The van der Waals surface area contributed by atoms with Crippen molar-refractivity contribution in [3.63, 3.8) is 0 Å². The van der Waals surface area contributed by atoms with Crippen LogP contribution in [0.15, 0.2) is 24.3 Å². The van der Waals surface area contributed by atoms with Crippen molar-refractivity contribution in [1.82, 2.24) is 34.3 Å². The molecule has 0 bridgehead atoms. The lowest BCUT2D eigenvalue weighted by Crippen LogP contribution is -2.49. The van der Waals surface area contributed by atoms with E-state index in [0.717, 1.165) is 64.6 Å². The van der Waals surface area contributed by atoms with Crippen LogP contribution < -0.4 is 18.9 Å². The van der Waals surface area contributed by atoms with Crippen LogP contribution in [0.3, 0.4) is 0 Å². The second-order valence-electron chi connectivity index (χ2n) is 41.7. The summed E-state index contributed by atoms with van der Waals surface area (Å²) in [6, 6.07) is 12.5. The van der Waals surface area contributed by atoms with Gasteiger partial charge in [-0.15, -0.1) is 0 Å². The molecule has 1 unspecified atom stereocenters. The number of methoxy groups -OCH3 is 2. The normalized spacial score (nSPS) is 20.5. The summed E-state index contributed by atoms with van der Waals surface area (Å²) < 4.78 is 49.3. The maximum atomic E-state index is 13.3. The number of carbonyl (C=O) groups excluding carboxylic acids is 4. The first-order valence-corrected chi connectivity index (χ1v) is 42.9. The molecule has 4 N–H and O–H groups in total. The van der Waals surface area contributed by atoms with Crippen molar-refractivity contribution in [2.75, 3.05) is 106 Å².